The molecular weight excluding hydrogens is 508 g/mol. The number of allylic oxidation sites excluding steroid dienone is 4. The summed E-state index contributed by atoms with van der Waals surface area (Å²) >= 11 is 0. The number of anilines is 2. The van der Waals surface area contributed by atoms with Crippen molar-refractivity contribution in [1.29, 1.82) is 0 Å². The number of rotatable bonds is 8. The topological polar surface area (TPSA) is 8.17 Å². The van der Waals surface area contributed by atoms with Crippen molar-refractivity contribution in [2.24, 2.45) is 0 Å². The van der Waals surface area contributed by atoms with Crippen molar-refractivity contribution in [1.82, 2.24) is 4.57 Å². The van der Waals surface area contributed by atoms with E-state index in [4.69, 9.17) is 0 Å². The third kappa shape index (κ3) is 5.99. The van der Waals surface area contributed by atoms with Crippen LogP contribution in [-0.4, -0.2) is 11.1 Å². The first-order valence-corrected chi connectivity index (χ1v) is 14.7. The average Bonchev–Trinajstić information content (AvgIpc) is 3.40. The fourth-order valence-electron chi connectivity index (χ4n) is 5.33. The molecule has 0 aliphatic carbocycles. The lowest BCUT2D eigenvalue weighted by molar-refractivity contribution is 1.09. The molecule has 0 fully saturated rings. The first-order valence-electron chi connectivity index (χ1n) is 14.7. The lowest BCUT2D eigenvalue weighted by Crippen LogP contribution is -2.17. The summed E-state index contributed by atoms with van der Waals surface area (Å²) in [6.45, 7) is 10.7. The van der Waals surface area contributed by atoms with Gasteiger partial charge in [-0.2, -0.15) is 0 Å². The third-order valence-corrected chi connectivity index (χ3v) is 7.36. The molecule has 5 aromatic carbocycles. The monoisotopic (exact) mass is 546 g/mol. The fraction of sp³-hybridized carbons (Fsp3) is 0.100. The Morgan fingerprint density at radius 1 is 0.667 bits per heavy atom. The van der Waals surface area contributed by atoms with Crippen molar-refractivity contribution >= 4 is 33.2 Å². The zero-order valence-electron chi connectivity index (χ0n) is 24.7. The minimum absolute atomic E-state index is 0.779. The maximum Gasteiger partial charge on any atom is 0.0541 e. The van der Waals surface area contributed by atoms with Gasteiger partial charge in [0.15, 0.2) is 0 Å². The Bertz CT molecular complexity index is 1820. The molecule has 2 nitrogen and oxygen atoms in total. The molecule has 0 atom stereocenters. The lowest BCUT2D eigenvalue weighted by atomic mass is 10.0. The molecule has 0 amide bonds. The lowest BCUT2D eigenvalue weighted by Gasteiger charge is -2.24. The number of hydrogen-bond acceptors (Lipinski definition) is 1. The van der Waals surface area contributed by atoms with Gasteiger partial charge >= 0.3 is 0 Å². The van der Waals surface area contributed by atoms with Crippen LogP contribution in [0, 0.1) is 0 Å². The molecule has 0 spiro atoms. The maximum atomic E-state index is 3.78. The maximum absolute atomic E-state index is 3.78. The highest BCUT2D eigenvalue weighted by Crippen LogP contribution is 2.35. The fourth-order valence-corrected chi connectivity index (χ4v) is 5.33. The summed E-state index contributed by atoms with van der Waals surface area (Å²) in [6, 6.07) is 45.6. The SMILES string of the molecule is C=C/C=C\C(C)=C/CN(c1ccccc1)c1ccc(-c2ccc3c(c2)c2ccccc2n3-c2ccccc2)cc1.CC. The predicted octanol–water partition coefficient (Wildman–Crippen LogP) is 11.3. The Kier molecular flexibility index (Phi) is 9.16. The van der Waals surface area contributed by atoms with Gasteiger partial charge in [0.05, 0.1) is 11.0 Å². The van der Waals surface area contributed by atoms with E-state index in [1.54, 1.807) is 0 Å². The standard InChI is InChI=1S/C38H32N2.C2H6/c1-3-4-13-29(2)26-27-39(32-14-7-5-8-15-32)33-23-20-30(21-24-33)31-22-25-38-36(28-31)35-18-11-12-19-37(35)40(38)34-16-9-6-10-17-34;1-2/h3-26,28H,1,27H2,2H3;1-2H3/b13-4-,29-26-;. The van der Waals surface area contributed by atoms with E-state index >= 15 is 0 Å². The summed E-state index contributed by atoms with van der Waals surface area (Å²) in [7, 11) is 0. The van der Waals surface area contributed by atoms with Crippen molar-refractivity contribution in [2.45, 2.75) is 20.8 Å². The Morgan fingerprint density at radius 2 is 1.26 bits per heavy atom. The minimum atomic E-state index is 0.779. The van der Waals surface area contributed by atoms with Gasteiger partial charge in [-0.25, -0.2) is 0 Å². The number of aromatic nitrogens is 1. The molecule has 0 aliphatic heterocycles. The van der Waals surface area contributed by atoms with E-state index in [0.717, 1.165) is 12.2 Å². The molecule has 42 heavy (non-hydrogen) atoms. The van der Waals surface area contributed by atoms with Crippen LogP contribution >= 0.6 is 0 Å². The van der Waals surface area contributed by atoms with Crippen molar-refractivity contribution in [2.75, 3.05) is 11.4 Å². The Hall–Kier alpha value is -5.08. The second kappa shape index (κ2) is 13.5. The number of fused-ring (bicyclic) bond motifs is 3. The normalized spacial score (nSPS) is 11.5. The minimum Gasteiger partial charge on any atom is -0.338 e. The van der Waals surface area contributed by atoms with Crippen LogP contribution in [0.25, 0.3) is 38.6 Å². The molecule has 0 bridgehead atoms. The number of para-hydroxylation sites is 3. The summed E-state index contributed by atoms with van der Waals surface area (Å²) < 4.78 is 2.36. The highest BCUT2D eigenvalue weighted by atomic mass is 15.1. The van der Waals surface area contributed by atoms with Crippen molar-refractivity contribution < 1.29 is 0 Å². The number of nitrogens with zero attached hydrogens (tertiary/aromatic N) is 2. The van der Waals surface area contributed by atoms with E-state index < -0.39 is 0 Å². The van der Waals surface area contributed by atoms with Gasteiger partial charge < -0.3 is 9.47 Å². The van der Waals surface area contributed by atoms with Crippen LogP contribution in [0.5, 0.6) is 0 Å². The molecule has 1 heterocycles. The molecule has 1 aromatic heterocycles. The molecular formula is C40H38N2. The van der Waals surface area contributed by atoms with Crippen LogP contribution in [0.2, 0.25) is 0 Å². The van der Waals surface area contributed by atoms with Crippen LogP contribution in [0.1, 0.15) is 20.8 Å². The predicted molar refractivity (Wildman–Crippen MR) is 184 cm³/mol. The highest BCUT2D eigenvalue weighted by molar-refractivity contribution is 6.10. The molecule has 0 unspecified atom stereocenters. The second-order valence-electron chi connectivity index (χ2n) is 9.96. The van der Waals surface area contributed by atoms with Crippen molar-refractivity contribution in [3.8, 4) is 16.8 Å². The summed E-state index contributed by atoms with van der Waals surface area (Å²) in [5.41, 5.74) is 9.58. The van der Waals surface area contributed by atoms with E-state index in [2.05, 4.69) is 163 Å². The summed E-state index contributed by atoms with van der Waals surface area (Å²) in [5, 5.41) is 2.53. The van der Waals surface area contributed by atoms with Crippen molar-refractivity contribution in [3.63, 3.8) is 0 Å². The van der Waals surface area contributed by atoms with E-state index in [1.807, 2.05) is 26.0 Å². The molecule has 0 aliphatic rings. The largest absolute Gasteiger partial charge is 0.338 e. The molecule has 6 rings (SSSR count). The van der Waals surface area contributed by atoms with E-state index in [-0.39, 0.29) is 0 Å². The third-order valence-electron chi connectivity index (χ3n) is 7.36. The van der Waals surface area contributed by atoms with Crippen LogP contribution < -0.4 is 4.90 Å². The molecule has 0 saturated carbocycles. The van der Waals surface area contributed by atoms with Crippen LogP contribution in [0.3, 0.4) is 0 Å². The molecule has 0 N–H and O–H groups in total. The van der Waals surface area contributed by atoms with Gasteiger partial charge in [0.25, 0.3) is 0 Å². The van der Waals surface area contributed by atoms with Crippen LogP contribution in [0.15, 0.2) is 164 Å². The Morgan fingerprint density at radius 3 is 1.98 bits per heavy atom. The van der Waals surface area contributed by atoms with Gasteiger partial charge in [-0.15, -0.1) is 0 Å². The van der Waals surface area contributed by atoms with E-state index in [9.17, 15) is 0 Å². The van der Waals surface area contributed by atoms with E-state index in [1.165, 1.54) is 49.9 Å². The molecule has 0 radical (unpaired) electrons. The van der Waals surface area contributed by atoms with Gasteiger partial charge in [0.2, 0.25) is 0 Å². The second-order valence-corrected chi connectivity index (χ2v) is 9.96. The quantitative estimate of drug-likeness (QED) is 0.172. The van der Waals surface area contributed by atoms with Crippen molar-refractivity contribution in [3.05, 3.63) is 164 Å². The number of benzene rings is 5. The Labute approximate surface area is 250 Å². The van der Waals surface area contributed by atoms with Gasteiger partial charge in [-0.05, 0) is 72.6 Å². The van der Waals surface area contributed by atoms with Crippen LogP contribution in [-0.2, 0) is 0 Å². The molecule has 208 valence electrons. The number of hydrogen-bond donors (Lipinski definition) is 0. The Balaban J connectivity index is 0.00000173. The summed E-state index contributed by atoms with van der Waals surface area (Å²) in [4.78, 5) is 2.34. The summed E-state index contributed by atoms with van der Waals surface area (Å²) in [6.07, 6.45) is 8.12. The van der Waals surface area contributed by atoms with Crippen LogP contribution in [0.4, 0.5) is 11.4 Å². The first-order chi connectivity index (χ1) is 20.7. The average molecular weight is 547 g/mol. The zero-order valence-corrected chi connectivity index (χ0v) is 24.7. The summed E-state index contributed by atoms with van der Waals surface area (Å²) in [5.74, 6) is 0. The smallest absolute Gasteiger partial charge is 0.0541 e. The molecule has 2 heteroatoms. The molecule has 0 saturated heterocycles. The van der Waals surface area contributed by atoms with Gasteiger partial charge in [0, 0.05) is 34.4 Å². The van der Waals surface area contributed by atoms with E-state index in [0.29, 0.717) is 0 Å². The zero-order chi connectivity index (χ0) is 29.3. The highest BCUT2D eigenvalue weighted by Gasteiger charge is 2.13. The molecule has 6 aromatic rings. The first kappa shape index (κ1) is 28.4. The van der Waals surface area contributed by atoms with Gasteiger partial charge in [-0.3, -0.25) is 0 Å². The van der Waals surface area contributed by atoms with Gasteiger partial charge in [0.1, 0.15) is 0 Å². The van der Waals surface area contributed by atoms with Gasteiger partial charge in [-0.1, -0.05) is 123 Å².